The Morgan fingerprint density at radius 3 is 2.64 bits per heavy atom. The highest BCUT2D eigenvalue weighted by Crippen LogP contribution is 2.26. The highest BCUT2D eigenvalue weighted by molar-refractivity contribution is 7.89. The number of sulfonamides is 1. The smallest absolute Gasteiger partial charge is 0.255 e. The van der Waals surface area contributed by atoms with E-state index in [-0.39, 0.29) is 17.0 Å². The number of benzene rings is 2. The molecule has 0 spiro atoms. The number of hydrogen-bond acceptors (Lipinski definition) is 5. The predicted molar refractivity (Wildman–Crippen MR) is 110 cm³/mol. The molecular formula is C20H20N2O4S2. The van der Waals surface area contributed by atoms with Crippen molar-refractivity contribution in [2.75, 3.05) is 12.4 Å². The number of methoxy groups -OCH3 is 1. The fraction of sp³-hybridized carbons (Fsp3) is 0.150. The van der Waals surface area contributed by atoms with Crippen molar-refractivity contribution in [3.63, 3.8) is 0 Å². The van der Waals surface area contributed by atoms with Crippen molar-refractivity contribution in [3.05, 3.63) is 76.0 Å². The van der Waals surface area contributed by atoms with Gasteiger partial charge in [0, 0.05) is 17.0 Å². The van der Waals surface area contributed by atoms with Crippen LogP contribution in [-0.2, 0) is 16.6 Å². The van der Waals surface area contributed by atoms with Crippen molar-refractivity contribution in [1.82, 2.24) is 4.72 Å². The highest BCUT2D eigenvalue weighted by atomic mass is 32.2. The molecule has 1 aromatic heterocycles. The number of hydrogen-bond donors (Lipinski definition) is 2. The van der Waals surface area contributed by atoms with E-state index < -0.39 is 15.9 Å². The minimum Gasteiger partial charge on any atom is -0.495 e. The lowest BCUT2D eigenvalue weighted by molar-refractivity contribution is 0.102. The average Bonchev–Trinajstić information content (AvgIpc) is 3.20. The molecule has 3 rings (SSSR count). The second-order valence-corrected chi connectivity index (χ2v) is 8.89. The molecule has 0 atom stereocenters. The normalized spacial score (nSPS) is 11.2. The van der Waals surface area contributed by atoms with Gasteiger partial charge in [-0.15, -0.1) is 11.3 Å². The Balaban J connectivity index is 1.79. The van der Waals surface area contributed by atoms with Gasteiger partial charge in [-0.2, -0.15) is 0 Å². The molecule has 0 unspecified atom stereocenters. The largest absolute Gasteiger partial charge is 0.495 e. The van der Waals surface area contributed by atoms with Crippen LogP contribution in [0.4, 0.5) is 5.69 Å². The van der Waals surface area contributed by atoms with E-state index in [4.69, 9.17) is 4.74 Å². The SMILES string of the molecule is COc1ccc(C)cc1NC(=O)c1cccc(S(=O)(=O)NCc2cccs2)c1. The van der Waals surface area contributed by atoms with Gasteiger partial charge < -0.3 is 10.1 Å². The fourth-order valence-corrected chi connectivity index (χ4v) is 4.37. The number of ether oxygens (including phenoxy) is 1. The molecule has 6 nitrogen and oxygen atoms in total. The molecule has 0 saturated carbocycles. The Hall–Kier alpha value is -2.68. The molecule has 0 bridgehead atoms. The van der Waals surface area contributed by atoms with Crippen LogP contribution in [0, 0.1) is 6.92 Å². The van der Waals surface area contributed by atoms with E-state index in [2.05, 4.69) is 10.0 Å². The molecule has 1 heterocycles. The molecule has 0 aliphatic carbocycles. The van der Waals surface area contributed by atoms with Crippen LogP contribution in [0.25, 0.3) is 0 Å². The van der Waals surface area contributed by atoms with Crippen molar-refractivity contribution < 1.29 is 17.9 Å². The number of amides is 1. The molecule has 2 N–H and O–H groups in total. The number of rotatable bonds is 7. The number of carbonyl (C=O) groups is 1. The van der Waals surface area contributed by atoms with E-state index in [0.29, 0.717) is 11.4 Å². The summed E-state index contributed by atoms with van der Waals surface area (Å²) in [4.78, 5) is 13.6. The summed E-state index contributed by atoms with van der Waals surface area (Å²) in [6.45, 7) is 2.11. The minimum absolute atomic E-state index is 0.0351. The fourth-order valence-electron chi connectivity index (χ4n) is 2.58. The van der Waals surface area contributed by atoms with E-state index in [1.807, 2.05) is 30.5 Å². The first-order chi connectivity index (χ1) is 13.4. The predicted octanol–water partition coefficient (Wildman–Crippen LogP) is 3.80. The van der Waals surface area contributed by atoms with Gasteiger partial charge in [-0.3, -0.25) is 4.79 Å². The molecule has 0 saturated heterocycles. The maximum absolute atomic E-state index is 12.6. The lowest BCUT2D eigenvalue weighted by atomic mass is 10.1. The molecule has 3 aromatic rings. The maximum Gasteiger partial charge on any atom is 0.255 e. The highest BCUT2D eigenvalue weighted by Gasteiger charge is 2.17. The first-order valence-corrected chi connectivity index (χ1v) is 10.8. The Morgan fingerprint density at radius 2 is 1.93 bits per heavy atom. The van der Waals surface area contributed by atoms with Crippen LogP contribution in [0.2, 0.25) is 0 Å². The zero-order valence-corrected chi connectivity index (χ0v) is 17.1. The lowest BCUT2D eigenvalue weighted by Crippen LogP contribution is -2.23. The Bertz CT molecular complexity index is 1080. The summed E-state index contributed by atoms with van der Waals surface area (Å²) in [5, 5.41) is 4.66. The number of aryl methyl sites for hydroxylation is 1. The van der Waals surface area contributed by atoms with Gasteiger partial charge in [-0.25, -0.2) is 13.1 Å². The van der Waals surface area contributed by atoms with Crippen LogP contribution >= 0.6 is 11.3 Å². The van der Waals surface area contributed by atoms with Gasteiger partial charge in [-0.1, -0.05) is 18.2 Å². The minimum atomic E-state index is -3.73. The van der Waals surface area contributed by atoms with Crippen LogP contribution in [0.1, 0.15) is 20.8 Å². The number of nitrogens with one attached hydrogen (secondary N) is 2. The molecule has 2 aromatic carbocycles. The summed E-state index contributed by atoms with van der Waals surface area (Å²) in [5.74, 6) is 0.111. The number of thiophene rings is 1. The third kappa shape index (κ3) is 4.78. The van der Waals surface area contributed by atoms with E-state index in [1.165, 1.54) is 30.6 Å². The van der Waals surface area contributed by atoms with Gasteiger partial charge in [0.1, 0.15) is 5.75 Å². The van der Waals surface area contributed by atoms with Crippen molar-refractivity contribution in [2.45, 2.75) is 18.4 Å². The molecule has 0 aliphatic rings. The zero-order valence-electron chi connectivity index (χ0n) is 15.4. The monoisotopic (exact) mass is 416 g/mol. The Kier molecular flexibility index (Phi) is 6.13. The first kappa shape index (κ1) is 20.1. The number of anilines is 1. The van der Waals surface area contributed by atoms with Gasteiger partial charge >= 0.3 is 0 Å². The molecule has 8 heteroatoms. The summed E-state index contributed by atoms with van der Waals surface area (Å²) in [5.41, 5.74) is 1.73. The van der Waals surface area contributed by atoms with Crippen molar-refractivity contribution >= 4 is 33.0 Å². The Morgan fingerprint density at radius 1 is 1.11 bits per heavy atom. The summed E-state index contributed by atoms with van der Waals surface area (Å²) >= 11 is 1.47. The summed E-state index contributed by atoms with van der Waals surface area (Å²) < 4.78 is 32.9. The molecule has 0 radical (unpaired) electrons. The van der Waals surface area contributed by atoms with Crippen LogP contribution < -0.4 is 14.8 Å². The van der Waals surface area contributed by atoms with Crippen molar-refractivity contribution in [1.29, 1.82) is 0 Å². The average molecular weight is 417 g/mol. The molecule has 1 amide bonds. The van der Waals surface area contributed by atoms with Crippen LogP contribution in [0.3, 0.4) is 0 Å². The topological polar surface area (TPSA) is 84.5 Å². The molecule has 28 heavy (non-hydrogen) atoms. The third-order valence-electron chi connectivity index (χ3n) is 4.03. The Labute approximate surface area is 168 Å². The summed E-state index contributed by atoms with van der Waals surface area (Å²) in [6, 6.07) is 15.1. The van der Waals surface area contributed by atoms with Crippen LogP contribution in [0.15, 0.2) is 64.9 Å². The second kappa shape index (κ2) is 8.55. The van der Waals surface area contributed by atoms with Crippen LogP contribution in [-0.4, -0.2) is 21.4 Å². The zero-order chi connectivity index (χ0) is 20.1. The second-order valence-electron chi connectivity index (χ2n) is 6.09. The summed E-state index contributed by atoms with van der Waals surface area (Å²) in [6.07, 6.45) is 0. The van der Waals surface area contributed by atoms with Crippen molar-refractivity contribution in [3.8, 4) is 5.75 Å². The lowest BCUT2D eigenvalue weighted by Gasteiger charge is -2.12. The first-order valence-electron chi connectivity index (χ1n) is 8.47. The van der Waals surface area contributed by atoms with E-state index >= 15 is 0 Å². The maximum atomic E-state index is 12.6. The molecule has 0 aliphatic heterocycles. The van der Waals surface area contributed by atoms with Gasteiger partial charge in [-0.05, 0) is 54.3 Å². The molecule has 146 valence electrons. The van der Waals surface area contributed by atoms with Gasteiger partial charge in [0.2, 0.25) is 10.0 Å². The third-order valence-corrected chi connectivity index (χ3v) is 6.30. The quantitative estimate of drug-likeness (QED) is 0.614. The standard InChI is InChI=1S/C20H20N2O4S2/c1-14-8-9-19(26-2)18(11-14)22-20(23)15-5-3-7-17(12-15)28(24,25)21-13-16-6-4-10-27-16/h3-12,21H,13H2,1-2H3,(H,22,23). The van der Waals surface area contributed by atoms with Gasteiger partial charge in [0.05, 0.1) is 17.7 Å². The van der Waals surface area contributed by atoms with Gasteiger partial charge in [0.25, 0.3) is 5.91 Å². The molecular weight excluding hydrogens is 396 g/mol. The number of carbonyl (C=O) groups excluding carboxylic acids is 1. The van der Waals surface area contributed by atoms with E-state index in [1.54, 1.807) is 24.3 Å². The van der Waals surface area contributed by atoms with Crippen LogP contribution in [0.5, 0.6) is 5.75 Å². The summed E-state index contributed by atoms with van der Waals surface area (Å²) in [7, 11) is -2.21. The van der Waals surface area contributed by atoms with E-state index in [9.17, 15) is 13.2 Å². The van der Waals surface area contributed by atoms with Gasteiger partial charge in [0.15, 0.2) is 0 Å². The van der Waals surface area contributed by atoms with Crippen molar-refractivity contribution in [2.24, 2.45) is 0 Å². The molecule has 0 fully saturated rings. The van der Waals surface area contributed by atoms with E-state index in [0.717, 1.165) is 10.4 Å².